The Labute approximate surface area is 112 Å². The first-order valence-corrected chi connectivity index (χ1v) is 6.72. The van der Waals surface area contributed by atoms with E-state index in [1.807, 2.05) is 6.92 Å². The van der Waals surface area contributed by atoms with Gasteiger partial charge in [0, 0.05) is 6.54 Å². The smallest absolute Gasteiger partial charge is 0.278 e. The van der Waals surface area contributed by atoms with E-state index in [1.165, 1.54) is 25.0 Å². The van der Waals surface area contributed by atoms with Gasteiger partial charge in [0.05, 0.1) is 23.7 Å². The molecule has 6 heteroatoms. The Morgan fingerprint density at radius 1 is 1.53 bits per heavy atom. The van der Waals surface area contributed by atoms with E-state index in [4.69, 9.17) is 4.74 Å². The van der Waals surface area contributed by atoms with Gasteiger partial charge in [-0.15, -0.1) is 0 Å². The monoisotopic (exact) mass is 265 g/mol. The zero-order valence-corrected chi connectivity index (χ0v) is 11.1. The third-order valence-corrected chi connectivity index (χ3v) is 3.03. The highest BCUT2D eigenvalue weighted by atomic mass is 16.6. The van der Waals surface area contributed by atoms with Gasteiger partial charge in [0.15, 0.2) is 0 Å². The number of ether oxygens (including phenoxy) is 1. The number of nitrogens with zero attached hydrogens (tertiary/aromatic N) is 2. The number of aromatic nitrogens is 1. The van der Waals surface area contributed by atoms with Crippen LogP contribution in [-0.2, 0) is 0 Å². The molecule has 1 heterocycles. The standard InChI is InChI=1S/C13H19N3O3/c1-2-6-14-12-8-11(16(17)18)9-13(15-12)19-7-5-10-3-4-10/h8-10H,2-7H2,1H3,(H,14,15). The minimum Gasteiger partial charge on any atom is -0.477 e. The molecular weight excluding hydrogens is 246 g/mol. The molecule has 1 aromatic rings. The first kappa shape index (κ1) is 13.6. The molecule has 1 aliphatic carbocycles. The van der Waals surface area contributed by atoms with Gasteiger partial charge in [-0.1, -0.05) is 19.8 Å². The molecule has 19 heavy (non-hydrogen) atoms. The Balaban J connectivity index is 2.01. The van der Waals surface area contributed by atoms with E-state index in [9.17, 15) is 10.1 Å². The van der Waals surface area contributed by atoms with Crippen LogP contribution in [0.2, 0.25) is 0 Å². The van der Waals surface area contributed by atoms with Gasteiger partial charge < -0.3 is 10.1 Å². The maximum Gasteiger partial charge on any atom is 0.278 e. The number of nitro groups is 1. The quantitative estimate of drug-likeness (QED) is 0.577. The summed E-state index contributed by atoms with van der Waals surface area (Å²) in [7, 11) is 0. The topological polar surface area (TPSA) is 77.3 Å². The second-order valence-electron chi connectivity index (χ2n) is 4.81. The number of pyridine rings is 1. The van der Waals surface area contributed by atoms with Gasteiger partial charge in [0.2, 0.25) is 5.88 Å². The van der Waals surface area contributed by atoms with Gasteiger partial charge in [-0.2, -0.15) is 4.98 Å². The normalized spacial score (nSPS) is 14.2. The fourth-order valence-electron chi connectivity index (χ4n) is 1.75. The second-order valence-corrected chi connectivity index (χ2v) is 4.81. The lowest BCUT2D eigenvalue weighted by atomic mass is 10.3. The van der Waals surface area contributed by atoms with Crippen LogP contribution in [0.3, 0.4) is 0 Å². The first-order valence-electron chi connectivity index (χ1n) is 6.72. The molecule has 1 N–H and O–H groups in total. The Morgan fingerprint density at radius 3 is 2.95 bits per heavy atom. The number of nitrogens with one attached hydrogen (secondary N) is 1. The summed E-state index contributed by atoms with van der Waals surface area (Å²) in [6, 6.07) is 2.81. The third-order valence-electron chi connectivity index (χ3n) is 3.03. The fourth-order valence-corrected chi connectivity index (χ4v) is 1.75. The minimum absolute atomic E-state index is 0.00928. The molecule has 0 bridgehead atoms. The molecule has 104 valence electrons. The van der Waals surface area contributed by atoms with Gasteiger partial charge in [-0.25, -0.2) is 0 Å². The lowest BCUT2D eigenvalue weighted by molar-refractivity contribution is -0.384. The summed E-state index contributed by atoms with van der Waals surface area (Å²) in [5, 5.41) is 13.9. The predicted octanol–water partition coefficient (Wildman–Crippen LogP) is 2.99. The van der Waals surface area contributed by atoms with Crippen LogP contribution < -0.4 is 10.1 Å². The lowest BCUT2D eigenvalue weighted by Gasteiger charge is -2.08. The van der Waals surface area contributed by atoms with E-state index in [1.54, 1.807) is 0 Å². The van der Waals surface area contributed by atoms with Crippen molar-refractivity contribution in [3.05, 3.63) is 22.2 Å². The zero-order chi connectivity index (χ0) is 13.7. The van der Waals surface area contributed by atoms with Gasteiger partial charge in [-0.05, 0) is 18.8 Å². The van der Waals surface area contributed by atoms with E-state index in [2.05, 4.69) is 10.3 Å². The molecule has 0 atom stereocenters. The largest absolute Gasteiger partial charge is 0.477 e. The van der Waals surface area contributed by atoms with Gasteiger partial charge in [0.1, 0.15) is 5.82 Å². The predicted molar refractivity (Wildman–Crippen MR) is 72.5 cm³/mol. The van der Waals surface area contributed by atoms with Crippen molar-refractivity contribution in [2.45, 2.75) is 32.6 Å². The molecule has 0 spiro atoms. The zero-order valence-electron chi connectivity index (χ0n) is 11.1. The van der Waals surface area contributed by atoms with Crippen LogP contribution in [0.15, 0.2) is 12.1 Å². The number of hydrogen-bond acceptors (Lipinski definition) is 5. The summed E-state index contributed by atoms with van der Waals surface area (Å²) in [5.74, 6) is 1.60. The summed E-state index contributed by atoms with van der Waals surface area (Å²) in [6.07, 6.45) is 4.48. The highest BCUT2D eigenvalue weighted by Crippen LogP contribution is 2.32. The van der Waals surface area contributed by atoms with Crippen LogP contribution in [0.5, 0.6) is 5.88 Å². The molecule has 6 nitrogen and oxygen atoms in total. The molecule has 0 amide bonds. The third kappa shape index (κ3) is 4.39. The van der Waals surface area contributed by atoms with E-state index < -0.39 is 4.92 Å². The molecular formula is C13H19N3O3. The Hall–Kier alpha value is -1.85. The summed E-state index contributed by atoms with van der Waals surface area (Å²) >= 11 is 0. The SMILES string of the molecule is CCCNc1cc([N+](=O)[O-])cc(OCCC2CC2)n1. The molecule has 2 rings (SSSR count). The van der Waals surface area contributed by atoms with E-state index >= 15 is 0 Å². The second kappa shape index (κ2) is 6.36. The van der Waals surface area contributed by atoms with Crippen molar-refractivity contribution < 1.29 is 9.66 Å². The van der Waals surface area contributed by atoms with Crippen LogP contribution in [0.25, 0.3) is 0 Å². The minimum atomic E-state index is -0.424. The van der Waals surface area contributed by atoms with Crippen molar-refractivity contribution in [3.63, 3.8) is 0 Å². The molecule has 0 aliphatic heterocycles. The average Bonchev–Trinajstić information content (AvgIpc) is 3.20. The van der Waals surface area contributed by atoms with E-state index in [0.29, 0.717) is 18.3 Å². The van der Waals surface area contributed by atoms with Crippen molar-refractivity contribution >= 4 is 11.5 Å². The molecule has 1 saturated carbocycles. The molecule has 1 aliphatic rings. The lowest BCUT2D eigenvalue weighted by Crippen LogP contribution is -2.06. The van der Waals surface area contributed by atoms with Crippen molar-refractivity contribution in [3.8, 4) is 5.88 Å². The Kier molecular flexibility index (Phi) is 4.54. The fraction of sp³-hybridized carbons (Fsp3) is 0.615. The van der Waals surface area contributed by atoms with Crippen LogP contribution in [0.1, 0.15) is 32.6 Å². The van der Waals surface area contributed by atoms with E-state index in [0.717, 1.165) is 25.3 Å². The highest BCUT2D eigenvalue weighted by molar-refractivity contribution is 5.48. The number of anilines is 1. The maximum atomic E-state index is 10.9. The first-order chi connectivity index (χ1) is 9.19. The van der Waals surface area contributed by atoms with Crippen LogP contribution in [0, 0.1) is 16.0 Å². The van der Waals surface area contributed by atoms with Crippen molar-refractivity contribution in [1.82, 2.24) is 4.98 Å². The van der Waals surface area contributed by atoms with Crippen molar-refractivity contribution in [2.24, 2.45) is 5.92 Å². The van der Waals surface area contributed by atoms with Crippen molar-refractivity contribution in [2.75, 3.05) is 18.5 Å². The molecule has 0 saturated heterocycles. The number of rotatable bonds is 8. The summed E-state index contributed by atoms with van der Waals surface area (Å²) in [6.45, 7) is 3.33. The van der Waals surface area contributed by atoms with E-state index in [-0.39, 0.29) is 5.69 Å². The van der Waals surface area contributed by atoms with Crippen LogP contribution >= 0.6 is 0 Å². The Morgan fingerprint density at radius 2 is 2.32 bits per heavy atom. The average molecular weight is 265 g/mol. The molecule has 0 aromatic carbocycles. The highest BCUT2D eigenvalue weighted by Gasteiger charge is 2.21. The van der Waals surface area contributed by atoms with Crippen LogP contribution in [-0.4, -0.2) is 23.1 Å². The van der Waals surface area contributed by atoms with Crippen LogP contribution in [0.4, 0.5) is 11.5 Å². The van der Waals surface area contributed by atoms with Gasteiger partial charge >= 0.3 is 0 Å². The molecule has 0 radical (unpaired) electrons. The van der Waals surface area contributed by atoms with Crippen molar-refractivity contribution in [1.29, 1.82) is 0 Å². The maximum absolute atomic E-state index is 10.9. The Bertz CT molecular complexity index is 447. The van der Waals surface area contributed by atoms with Gasteiger partial charge in [-0.3, -0.25) is 10.1 Å². The number of hydrogen-bond donors (Lipinski definition) is 1. The summed E-state index contributed by atoms with van der Waals surface area (Å²) < 4.78 is 5.51. The van der Waals surface area contributed by atoms with Gasteiger partial charge in [0.25, 0.3) is 5.69 Å². The molecule has 1 aromatic heterocycles. The molecule has 0 unspecified atom stereocenters. The molecule has 1 fully saturated rings. The summed E-state index contributed by atoms with van der Waals surface area (Å²) in [4.78, 5) is 14.7. The summed E-state index contributed by atoms with van der Waals surface area (Å²) in [5.41, 5.74) is 0.00928.